The molecule has 0 N–H and O–H groups in total. The highest BCUT2D eigenvalue weighted by atomic mass is 16.6. The zero-order valence-electron chi connectivity index (χ0n) is 21.6. The molecule has 1 aromatic rings. The first-order valence-electron chi connectivity index (χ1n) is 13.0. The zero-order valence-corrected chi connectivity index (χ0v) is 21.6. The van der Waals surface area contributed by atoms with Crippen molar-refractivity contribution in [1.29, 1.82) is 0 Å². The summed E-state index contributed by atoms with van der Waals surface area (Å²) in [5.74, 6) is 0.584. The van der Waals surface area contributed by atoms with Crippen molar-refractivity contribution in [1.82, 2.24) is 0 Å². The molecule has 0 amide bonds. The lowest BCUT2D eigenvalue weighted by molar-refractivity contribution is -0.182. The Hall–Kier alpha value is -2.69. The van der Waals surface area contributed by atoms with Gasteiger partial charge in [-0.15, -0.1) is 0 Å². The van der Waals surface area contributed by atoms with Gasteiger partial charge < -0.3 is 9.64 Å². The van der Waals surface area contributed by atoms with E-state index in [1.807, 2.05) is 20.2 Å². The summed E-state index contributed by atoms with van der Waals surface area (Å²) in [6, 6.07) is 8.76. The van der Waals surface area contributed by atoms with Gasteiger partial charge in [0.15, 0.2) is 17.2 Å². The fraction of sp³-hybridized carbons (Fsp3) is 0.567. The zero-order chi connectivity index (χ0) is 25.1. The van der Waals surface area contributed by atoms with Gasteiger partial charge in [-0.3, -0.25) is 14.4 Å². The standard InChI is InChI=1S/C30H37NO4/c1-18(32)30(35-19(2)33)15-14-27-25-12-8-21-16-23(34)11-13-24(21)28(25)26(17-29(27,30)3)20-6-9-22(10-7-20)31(4)5/h6-7,9-10,16,25-27H,8,11-15,17H2,1-5H3/t25-,26+,27-,29+,30-/m0/s1. The summed E-state index contributed by atoms with van der Waals surface area (Å²) >= 11 is 0. The quantitative estimate of drug-likeness (QED) is 0.535. The second-order valence-electron chi connectivity index (χ2n) is 11.5. The molecule has 0 unspecified atom stereocenters. The van der Waals surface area contributed by atoms with Gasteiger partial charge in [-0.05, 0) is 92.2 Å². The first-order valence-corrected chi connectivity index (χ1v) is 13.0. The van der Waals surface area contributed by atoms with Crippen molar-refractivity contribution in [3.8, 4) is 0 Å². The first kappa shape index (κ1) is 24.0. The molecule has 1 aromatic carbocycles. The van der Waals surface area contributed by atoms with E-state index in [0.29, 0.717) is 18.8 Å². The number of fused-ring (bicyclic) bond motifs is 4. The number of ether oxygens (including phenoxy) is 1. The fourth-order valence-electron chi connectivity index (χ4n) is 8.02. The van der Waals surface area contributed by atoms with Gasteiger partial charge in [0.25, 0.3) is 0 Å². The molecular weight excluding hydrogens is 438 g/mol. The van der Waals surface area contributed by atoms with Crippen molar-refractivity contribution >= 4 is 23.2 Å². The van der Waals surface area contributed by atoms with Gasteiger partial charge in [0, 0.05) is 44.5 Å². The Balaban J connectivity index is 1.68. The van der Waals surface area contributed by atoms with Crippen LogP contribution in [0.1, 0.15) is 77.2 Å². The summed E-state index contributed by atoms with van der Waals surface area (Å²) in [6.45, 7) is 5.22. The number of benzene rings is 1. The van der Waals surface area contributed by atoms with Crippen molar-refractivity contribution in [2.45, 2.75) is 77.2 Å². The molecule has 4 aliphatic rings. The minimum absolute atomic E-state index is 0.0323. The van der Waals surface area contributed by atoms with Crippen molar-refractivity contribution in [3.05, 3.63) is 52.6 Å². The molecule has 0 aromatic heterocycles. The van der Waals surface area contributed by atoms with Crippen LogP contribution in [0.4, 0.5) is 5.69 Å². The van der Waals surface area contributed by atoms with E-state index >= 15 is 0 Å². The number of ketones is 2. The van der Waals surface area contributed by atoms with Crippen LogP contribution < -0.4 is 4.90 Å². The summed E-state index contributed by atoms with van der Waals surface area (Å²) < 4.78 is 6.00. The summed E-state index contributed by atoms with van der Waals surface area (Å²) in [5, 5.41) is 0. The normalized spacial score (nSPS) is 33.9. The largest absolute Gasteiger partial charge is 0.451 e. The van der Waals surface area contributed by atoms with Crippen LogP contribution in [0.15, 0.2) is 47.1 Å². The molecule has 0 radical (unpaired) electrons. The second-order valence-corrected chi connectivity index (χ2v) is 11.5. The van der Waals surface area contributed by atoms with E-state index in [1.54, 1.807) is 6.92 Å². The Kier molecular flexibility index (Phi) is 5.81. The number of allylic oxidation sites excluding steroid dienone is 4. The first-order chi connectivity index (χ1) is 16.6. The maximum Gasteiger partial charge on any atom is 0.303 e. The Morgan fingerprint density at radius 2 is 1.74 bits per heavy atom. The lowest BCUT2D eigenvalue weighted by atomic mass is 9.50. The number of carbonyl (C=O) groups excluding carboxylic acids is 3. The van der Waals surface area contributed by atoms with Gasteiger partial charge in [0.1, 0.15) is 0 Å². The molecule has 0 bridgehead atoms. The predicted molar refractivity (Wildman–Crippen MR) is 136 cm³/mol. The van der Waals surface area contributed by atoms with E-state index in [-0.39, 0.29) is 29.4 Å². The second kappa shape index (κ2) is 8.46. The number of hydrogen-bond acceptors (Lipinski definition) is 5. The van der Waals surface area contributed by atoms with Crippen LogP contribution in [-0.2, 0) is 19.1 Å². The van der Waals surface area contributed by atoms with Crippen molar-refractivity contribution in [2.75, 3.05) is 19.0 Å². The number of hydrogen-bond donors (Lipinski definition) is 0. The predicted octanol–water partition coefficient (Wildman–Crippen LogP) is 5.54. The van der Waals surface area contributed by atoms with Crippen LogP contribution >= 0.6 is 0 Å². The van der Waals surface area contributed by atoms with Gasteiger partial charge in [0.05, 0.1) is 0 Å². The molecule has 5 rings (SSSR count). The van der Waals surface area contributed by atoms with Crippen LogP contribution in [0.5, 0.6) is 0 Å². The van der Waals surface area contributed by atoms with Gasteiger partial charge in [0.2, 0.25) is 0 Å². The van der Waals surface area contributed by atoms with E-state index in [2.05, 4.69) is 36.1 Å². The lowest BCUT2D eigenvalue weighted by Crippen LogP contribution is -2.57. The van der Waals surface area contributed by atoms with Crippen LogP contribution in [0.2, 0.25) is 0 Å². The molecule has 2 fully saturated rings. The van der Waals surface area contributed by atoms with Gasteiger partial charge in [-0.25, -0.2) is 0 Å². The van der Waals surface area contributed by atoms with Crippen LogP contribution in [0.3, 0.4) is 0 Å². The molecule has 0 saturated heterocycles. The summed E-state index contributed by atoms with van der Waals surface area (Å²) in [7, 11) is 4.08. The molecule has 5 atom stereocenters. The highest BCUT2D eigenvalue weighted by Crippen LogP contribution is 2.67. The summed E-state index contributed by atoms with van der Waals surface area (Å²) in [4.78, 5) is 39.8. The van der Waals surface area contributed by atoms with Crippen molar-refractivity contribution < 1.29 is 19.1 Å². The third-order valence-electron chi connectivity index (χ3n) is 9.55. The summed E-state index contributed by atoms with van der Waals surface area (Å²) in [5.41, 5.74) is 4.98. The molecule has 5 heteroatoms. The highest BCUT2D eigenvalue weighted by molar-refractivity contribution is 5.93. The third kappa shape index (κ3) is 3.61. The lowest BCUT2D eigenvalue weighted by Gasteiger charge is -2.55. The molecule has 0 aliphatic heterocycles. The monoisotopic (exact) mass is 475 g/mol. The fourth-order valence-corrected chi connectivity index (χ4v) is 8.02. The van der Waals surface area contributed by atoms with Crippen LogP contribution in [-0.4, -0.2) is 37.2 Å². The smallest absolute Gasteiger partial charge is 0.303 e. The van der Waals surface area contributed by atoms with Crippen molar-refractivity contribution in [2.24, 2.45) is 17.3 Å². The number of esters is 1. The van der Waals surface area contributed by atoms with Crippen LogP contribution in [0, 0.1) is 17.3 Å². The third-order valence-corrected chi connectivity index (χ3v) is 9.55. The Bertz CT molecular complexity index is 1140. The van der Waals surface area contributed by atoms with Gasteiger partial charge in [-0.2, -0.15) is 0 Å². The van der Waals surface area contributed by atoms with Crippen molar-refractivity contribution in [3.63, 3.8) is 0 Å². The van der Waals surface area contributed by atoms with E-state index in [1.165, 1.54) is 29.2 Å². The minimum atomic E-state index is -1.07. The number of anilines is 1. The average molecular weight is 476 g/mol. The molecule has 5 nitrogen and oxygen atoms in total. The van der Waals surface area contributed by atoms with Crippen LogP contribution in [0.25, 0.3) is 0 Å². The maximum absolute atomic E-state index is 13.2. The topological polar surface area (TPSA) is 63.7 Å². The maximum atomic E-state index is 13.2. The molecule has 0 heterocycles. The van der Waals surface area contributed by atoms with E-state index in [0.717, 1.165) is 37.8 Å². The Morgan fingerprint density at radius 1 is 1.03 bits per heavy atom. The number of carbonyl (C=O) groups is 3. The molecule has 35 heavy (non-hydrogen) atoms. The van der Waals surface area contributed by atoms with E-state index in [9.17, 15) is 14.4 Å². The highest BCUT2D eigenvalue weighted by Gasteiger charge is 2.67. The minimum Gasteiger partial charge on any atom is -0.451 e. The molecule has 2 saturated carbocycles. The van der Waals surface area contributed by atoms with E-state index in [4.69, 9.17) is 4.74 Å². The molecule has 0 spiro atoms. The van der Waals surface area contributed by atoms with E-state index < -0.39 is 11.0 Å². The number of nitrogens with zero attached hydrogens (tertiary/aromatic N) is 1. The number of rotatable bonds is 4. The Morgan fingerprint density at radius 3 is 2.37 bits per heavy atom. The molecular formula is C30H37NO4. The average Bonchev–Trinajstić information content (AvgIpc) is 3.10. The van der Waals surface area contributed by atoms with Gasteiger partial charge in [-0.1, -0.05) is 24.6 Å². The van der Waals surface area contributed by atoms with Gasteiger partial charge >= 0.3 is 5.97 Å². The number of Topliss-reactive ketones (excluding diaryl/α,β-unsaturated/α-hetero) is 1. The SMILES string of the molecule is CC(=O)O[C@]1(C(C)=O)CC[C@H]2[C@@H]3CCC4=CC(=O)CCC4=C3[C@@H](c3ccc(N(C)C)cc3)C[C@]21C. The Labute approximate surface area is 208 Å². The summed E-state index contributed by atoms with van der Waals surface area (Å²) in [6.07, 6.45) is 7.41. The molecule has 4 aliphatic carbocycles. The molecule has 186 valence electrons.